The van der Waals surface area contributed by atoms with Gasteiger partial charge in [0.05, 0.1) is 24.0 Å². The summed E-state index contributed by atoms with van der Waals surface area (Å²) in [6, 6.07) is -6.75. The Kier molecular flexibility index (Phi) is 22.9. The van der Waals surface area contributed by atoms with Gasteiger partial charge in [-0.1, -0.05) is 0 Å². The number of rotatable bonds is 21. The third-order valence-corrected chi connectivity index (χ3v) is 10.5. The summed E-state index contributed by atoms with van der Waals surface area (Å²) in [7, 11) is 0. The number of nitrogens with zero attached hydrogens (tertiary/aromatic N) is 6. The second-order valence-electron chi connectivity index (χ2n) is 15.4. The zero-order valence-electron chi connectivity index (χ0n) is 34.9. The van der Waals surface area contributed by atoms with Gasteiger partial charge >= 0.3 is 87.7 Å². The van der Waals surface area contributed by atoms with Crippen molar-refractivity contribution in [2.45, 2.75) is 73.1 Å². The second-order valence-corrected chi connectivity index (χ2v) is 15.4. The quantitative estimate of drug-likeness (QED) is 0.0964. The molecule has 16 nitrogen and oxygen atoms in total. The van der Waals surface area contributed by atoms with E-state index in [9.17, 15) is 119 Å². The molecule has 0 aromatic carbocycles. The monoisotopic (exact) mass is 1170 g/mol. The molecule has 2 amide bonds. The number of β-amino-alcohol motifs (C(OH)–C–C–N with tert-alkyl or cyclic N) is 1. The molecule has 0 bridgehead atoms. The van der Waals surface area contributed by atoms with E-state index in [4.69, 9.17) is 0 Å². The normalized spacial score (nSPS) is 19.1. The molecule has 2 aliphatic rings. The van der Waals surface area contributed by atoms with Gasteiger partial charge in [-0.15, -0.1) is 0 Å². The molecule has 2 aliphatic heterocycles. The minimum absolute atomic E-state index is 0. The Hall–Kier alpha value is -2.76. The smallest absolute Gasteiger partial charge is 0.549 e. The SMILES string of the molecule is O=C([O-])CN1CCN(CC(=O)[O-])CCN(CC(O)CNC(=O)CCCC(=O)N2CCN(C(F)(F)C(F)(F)C(F)(F)C(F)(F)C(F)(F)C(F)(F)C(F)(F)C(F)(F)F)CC2)CCN(CC(=O)[O-])CC1.[Gd+3]. The van der Waals surface area contributed by atoms with Crippen LogP contribution in [-0.2, 0) is 24.0 Å². The average Bonchev–Trinajstić information content (AvgIpc) is 3.19. The van der Waals surface area contributed by atoms with Gasteiger partial charge in [0.15, 0.2) is 0 Å². The summed E-state index contributed by atoms with van der Waals surface area (Å²) >= 11 is 0. The van der Waals surface area contributed by atoms with Crippen molar-refractivity contribution in [3.8, 4) is 0 Å². The first-order chi connectivity index (χ1) is 30.4. The molecule has 0 aromatic rings. The number of carbonyl (C=O) groups is 5. The van der Waals surface area contributed by atoms with E-state index < -0.39 is 154 Å². The van der Waals surface area contributed by atoms with Gasteiger partial charge < -0.3 is 45.0 Å². The standard InChI is InChI=1S/C34H46F17N7O9.Gd/c35-27(36,29(39,40)31(43,44)33(47,48)49)28(37,38)30(41,42)32(45,46)34(50,51)58-14-12-57(13-15-58)23(61)3-1-2-22(60)52-16-21(59)17-53-4-6-54(18-24(62)63)8-10-56(20-26(66)67)11-9-55(7-5-53)19-25(64)65;/h21,59H,1-20H2,(H,52,60)(H,62,63)(H,64,65)(H,66,67);/q;+3/p-3. The van der Waals surface area contributed by atoms with E-state index in [-0.39, 0.29) is 105 Å². The van der Waals surface area contributed by atoms with Gasteiger partial charge in [0.1, 0.15) is 0 Å². The number of halogens is 17. The van der Waals surface area contributed by atoms with Crippen LogP contribution in [0.25, 0.3) is 0 Å². The molecule has 1 unspecified atom stereocenters. The van der Waals surface area contributed by atoms with Crippen molar-refractivity contribution in [1.82, 2.24) is 34.7 Å². The van der Waals surface area contributed by atoms with E-state index >= 15 is 0 Å². The van der Waals surface area contributed by atoms with Crippen LogP contribution in [0.15, 0.2) is 0 Å². The number of aliphatic hydroxyl groups is 1. The summed E-state index contributed by atoms with van der Waals surface area (Å²) in [5.74, 6) is -56.9. The van der Waals surface area contributed by atoms with Crippen molar-refractivity contribution >= 4 is 29.7 Å². The Balaban J connectivity index is 0.0000231. The Morgan fingerprint density at radius 2 is 0.824 bits per heavy atom. The molecule has 2 heterocycles. The number of amides is 2. The maximum Gasteiger partial charge on any atom is 3.00 e. The minimum Gasteiger partial charge on any atom is -0.549 e. The van der Waals surface area contributed by atoms with E-state index in [1.54, 1.807) is 4.90 Å². The Morgan fingerprint density at radius 1 is 0.485 bits per heavy atom. The van der Waals surface area contributed by atoms with Gasteiger partial charge in [0.2, 0.25) is 11.8 Å². The Bertz CT molecular complexity index is 1680. The first kappa shape index (κ1) is 63.3. The first-order valence-electron chi connectivity index (χ1n) is 19.5. The van der Waals surface area contributed by atoms with E-state index in [2.05, 4.69) is 5.32 Å². The number of hydrogen-bond acceptors (Lipinski definition) is 14. The summed E-state index contributed by atoms with van der Waals surface area (Å²) < 4.78 is 233. The third kappa shape index (κ3) is 15.1. The number of alkyl halides is 17. The molecule has 68 heavy (non-hydrogen) atoms. The van der Waals surface area contributed by atoms with Crippen molar-refractivity contribution in [3.05, 3.63) is 0 Å². The number of aliphatic hydroxyl groups excluding tert-OH is 1. The Morgan fingerprint density at radius 3 is 1.18 bits per heavy atom. The number of piperazine rings is 1. The molecule has 34 heteroatoms. The van der Waals surface area contributed by atoms with Crippen LogP contribution in [-0.4, -0.2) is 229 Å². The van der Waals surface area contributed by atoms with Crippen LogP contribution >= 0.6 is 0 Å². The van der Waals surface area contributed by atoms with Crippen LogP contribution in [0.2, 0.25) is 0 Å². The molecule has 2 rings (SSSR count). The molecule has 2 saturated heterocycles. The maximum absolute atomic E-state index is 14.7. The topological polar surface area (TPSA) is 206 Å². The van der Waals surface area contributed by atoms with Crippen LogP contribution in [0.5, 0.6) is 0 Å². The van der Waals surface area contributed by atoms with Crippen LogP contribution in [0, 0.1) is 39.9 Å². The zero-order valence-corrected chi connectivity index (χ0v) is 37.2. The molecule has 2 fully saturated rings. The molecule has 395 valence electrons. The van der Waals surface area contributed by atoms with Gasteiger partial charge in [0.25, 0.3) is 0 Å². The molecule has 2 N–H and O–H groups in total. The number of hydrogen-bond donors (Lipinski definition) is 2. The van der Waals surface area contributed by atoms with Crippen LogP contribution in [0.3, 0.4) is 0 Å². The van der Waals surface area contributed by atoms with Gasteiger partial charge in [0, 0.05) is 124 Å². The fourth-order valence-electron chi connectivity index (χ4n) is 6.61. The average molecular weight is 1170 g/mol. The molecule has 0 aliphatic carbocycles. The van der Waals surface area contributed by atoms with E-state index in [0.717, 1.165) is 0 Å². The Labute approximate surface area is 406 Å². The number of nitrogens with one attached hydrogen (secondary N) is 1. The molecule has 0 saturated carbocycles. The van der Waals surface area contributed by atoms with E-state index in [1.807, 2.05) is 0 Å². The van der Waals surface area contributed by atoms with Gasteiger partial charge in [-0.25, -0.2) is 4.90 Å². The summed E-state index contributed by atoms with van der Waals surface area (Å²) in [6.07, 6.45) is -10.6. The van der Waals surface area contributed by atoms with Crippen molar-refractivity contribution < 1.29 is 159 Å². The van der Waals surface area contributed by atoms with E-state index in [1.165, 1.54) is 14.7 Å². The fourth-order valence-corrected chi connectivity index (χ4v) is 6.61. The summed E-state index contributed by atoms with van der Waals surface area (Å²) in [5, 5.41) is 46.9. The number of aliphatic carboxylic acids is 3. The molecular weight excluding hydrogens is 1130 g/mol. The van der Waals surface area contributed by atoms with E-state index in [0.29, 0.717) is 4.90 Å². The molecule has 0 aromatic heterocycles. The summed E-state index contributed by atoms with van der Waals surface area (Å²) in [6.45, 7) is -7.49. The summed E-state index contributed by atoms with van der Waals surface area (Å²) in [5.41, 5.74) is 0. The van der Waals surface area contributed by atoms with Gasteiger partial charge in [-0.3, -0.25) is 29.2 Å². The third-order valence-electron chi connectivity index (χ3n) is 10.5. The van der Waals surface area contributed by atoms with Gasteiger partial charge in [-0.2, -0.15) is 74.6 Å². The molecule has 1 radical (unpaired) electrons. The van der Waals surface area contributed by atoms with Gasteiger partial charge in [-0.05, 0) is 6.42 Å². The molecule has 1 atom stereocenters. The molecular formula is C34H43F17GdN7O9. The summed E-state index contributed by atoms with van der Waals surface area (Å²) in [4.78, 5) is 64.3. The predicted molar refractivity (Wildman–Crippen MR) is 182 cm³/mol. The molecule has 0 spiro atoms. The number of carboxylic acids is 3. The number of carboxylic acid groups (broad SMARTS) is 3. The predicted octanol–water partition coefficient (Wildman–Crippen LogP) is -1.78. The van der Waals surface area contributed by atoms with Crippen LogP contribution < -0.4 is 20.6 Å². The largest absolute Gasteiger partial charge is 3.00 e. The maximum atomic E-state index is 14.7. The zero-order chi connectivity index (χ0) is 51.8. The van der Waals surface area contributed by atoms with Crippen molar-refractivity contribution in [1.29, 1.82) is 0 Å². The van der Waals surface area contributed by atoms with Crippen molar-refractivity contribution in [2.75, 3.05) is 111 Å². The van der Waals surface area contributed by atoms with Crippen LogP contribution in [0.4, 0.5) is 74.6 Å². The first-order valence-corrected chi connectivity index (χ1v) is 19.5. The van der Waals surface area contributed by atoms with Crippen LogP contribution in [0.1, 0.15) is 19.3 Å². The number of carbonyl (C=O) groups excluding carboxylic acids is 5. The second kappa shape index (κ2) is 24.6. The van der Waals surface area contributed by atoms with Crippen molar-refractivity contribution in [2.24, 2.45) is 0 Å². The van der Waals surface area contributed by atoms with Crippen molar-refractivity contribution in [3.63, 3.8) is 0 Å². The minimum atomic E-state index is -8.76. The fraction of sp³-hybridized carbons (Fsp3) is 0.853.